The number of aromatic nitrogens is 2. The summed E-state index contributed by atoms with van der Waals surface area (Å²) in [5.74, 6) is -0.874. The predicted molar refractivity (Wildman–Crippen MR) is 40.2 cm³/mol. The van der Waals surface area contributed by atoms with Crippen LogP contribution in [0.25, 0.3) is 0 Å². The molecule has 0 saturated carbocycles. The topological polar surface area (TPSA) is 74.8 Å². The highest BCUT2D eigenvalue weighted by Crippen LogP contribution is 2.01. The summed E-state index contributed by atoms with van der Waals surface area (Å²) in [6, 6.07) is 0. The van der Waals surface area contributed by atoms with Gasteiger partial charge in [0.1, 0.15) is 0 Å². The molecule has 0 fully saturated rings. The van der Waals surface area contributed by atoms with E-state index in [1.807, 2.05) is 0 Å². The van der Waals surface area contributed by atoms with Gasteiger partial charge in [0.2, 0.25) is 0 Å². The van der Waals surface area contributed by atoms with Gasteiger partial charge in [-0.3, -0.25) is 14.9 Å². The van der Waals surface area contributed by atoms with Crippen LogP contribution in [0.4, 0.5) is 0 Å². The molecule has 1 aromatic heterocycles. The Morgan fingerprint density at radius 3 is 2.92 bits per heavy atom. The van der Waals surface area contributed by atoms with E-state index in [0.717, 1.165) is 6.20 Å². The SMILES string of the molecule is CCNC(=O)c1cncc([O])n1. The van der Waals surface area contributed by atoms with Crippen molar-refractivity contribution >= 4 is 5.91 Å². The maximum Gasteiger partial charge on any atom is 0.288 e. The molecule has 0 aliphatic carbocycles. The second kappa shape index (κ2) is 3.66. The van der Waals surface area contributed by atoms with Gasteiger partial charge in [-0.15, -0.1) is 0 Å². The highest BCUT2D eigenvalue weighted by molar-refractivity contribution is 5.91. The van der Waals surface area contributed by atoms with Gasteiger partial charge in [0.15, 0.2) is 5.69 Å². The molecule has 0 spiro atoms. The number of hydrogen-bond acceptors (Lipinski definition) is 3. The summed E-state index contributed by atoms with van der Waals surface area (Å²) < 4.78 is 0. The third-order valence-corrected chi connectivity index (χ3v) is 1.18. The number of amides is 1. The first-order valence-electron chi connectivity index (χ1n) is 3.51. The van der Waals surface area contributed by atoms with Crippen molar-refractivity contribution < 1.29 is 9.90 Å². The lowest BCUT2D eigenvalue weighted by atomic mass is 10.4. The molecule has 0 aromatic carbocycles. The van der Waals surface area contributed by atoms with Crippen LogP contribution in [0.3, 0.4) is 0 Å². The lowest BCUT2D eigenvalue weighted by Gasteiger charge is -1.98. The fourth-order valence-corrected chi connectivity index (χ4v) is 0.709. The minimum Gasteiger partial charge on any atom is -0.351 e. The van der Waals surface area contributed by atoms with E-state index in [9.17, 15) is 9.90 Å². The summed E-state index contributed by atoms with van der Waals surface area (Å²) in [4.78, 5) is 18.1. The number of carbonyl (C=O) groups excluding carboxylic acids is 1. The molecule has 1 aromatic rings. The van der Waals surface area contributed by atoms with Gasteiger partial charge < -0.3 is 5.32 Å². The van der Waals surface area contributed by atoms with E-state index in [1.54, 1.807) is 6.92 Å². The van der Waals surface area contributed by atoms with Gasteiger partial charge in [0, 0.05) is 6.54 Å². The molecular weight excluding hydrogens is 158 g/mol. The second-order valence-electron chi connectivity index (χ2n) is 2.10. The summed E-state index contributed by atoms with van der Waals surface area (Å²) >= 11 is 0. The molecule has 0 atom stereocenters. The van der Waals surface area contributed by atoms with Gasteiger partial charge in [-0.25, -0.2) is 4.98 Å². The molecule has 63 valence electrons. The van der Waals surface area contributed by atoms with Crippen LogP contribution in [0.5, 0.6) is 5.88 Å². The van der Waals surface area contributed by atoms with Crippen LogP contribution < -0.4 is 5.32 Å². The fourth-order valence-electron chi connectivity index (χ4n) is 0.709. The Kier molecular flexibility index (Phi) is 2.57. The first-order chi connectivity index (χ1) is 5.74. The van der Waals surface area contributed by atoms with Crippen molar-refractivity contribution in [1.82, 2.24) is 15.3 Å². The summed E-state index contributed by atoms with van der Waals surface area (Å²) in [6.07, 6.45) is 2.31. The van der Waals surface area contributed by atoms with Crippen LogP contribution in [0.15, 0.2) is 12.4 Å². The molecule has 0 saturated heterocycles. The maximum atomic E-state index is 11.0. The maximum absolute atomic E-state index is 11.0. The molecule has 0 unspecified atom stereocenters. The quantitative estimate of drug-likeness (QED) is 0.689. The van der Waals surface area contributed by atoms with Crippen LogP contribution in [0.2, 0.25) is 0 Å². The highest BCUT2D eigenvalue weighted by Gasteiger charge is 2.06. The third-order valence-electron chi connectivity index (χ3n) is 1.18. The minimum atomic E-state index is -0.501. The molecule has 0 bridgehead atoms. The molecule has 5 heteroatoms. The number of rotatable bonds is 2. The standard InChI is InChI=1S/C7H8N3O2/c1-2-9-7(12)5-3-8-4-6(11)10-5/h3-4H,2H2,1H3,(H,9,12). The van der Waals surface area contributed by atoms with Crippen molar-refractivity contribution in [2.24, 2.45) is 0 Å². The van der Waals surface area contributed by atoms with E-state index in [0.29, 0.717) is 6.54 Å². The van der Waals surface area contributed by atoms with Crippen LogP contribution in [0.1, 0.15) is 17.4 Å². The normalized spacial score (nSPS) is 9.42. The smallest absolute Gasteiger partial charge is 0.288 e. The Morgan fingerprint density at radius 2 is 2.33 bits per heavy atom. The molecule has 1 amide bonds. The molecule has 1 radical (unpaired) electrons. The van der Waals surface area contributed by atoms with Gasteiger partial charge in [-0.1, -0.05) is 0 Å². The Morgan fingerprint density at radius 1 is 1.58 bits per heavy atom. The van der Waals surface area contributed by atoms with Crippen LogP contribution in [-0.2, 0) is 5.11 Å². The first kappa shape index (κ1) is 8.45. The molecule has 1 N–H and O–H groups in total. The van der Waals surface area contributed by atoms with Crippen molar-refractivity contribution in [3.05, 3.63) is 18.1 Å². The molecule has 0 aliphatic heterocycles. The number of hydrogen-bond donors (Lipinski definition) is 1. The summed E-state index contributed by atoms with van der Waals surface area (Å²) in [5, 5.41) is 13.2. The fraction of sp³-hybridized carbons (Fsp3) is 0.286. The zero-order valence-corrected chi connectivity index (χ0v) is 6.57. The van der Waals surface area contributed by atoms with E-state index < -0.39 is 5.88 Å². The lowest BCUT2D eigenvalue weighted by Crippen LogP contribution is -2.23. The summed E-state index contributed by atoms with van der Waals surface area (Å²) in [5.41, 5.74) is 0.0596. The monoisotopic (exact) mass is 166 g/mol. The zero-order chi connectivity index (χ0) is 8.97. The third kappa shape index (κ3) is 1.91. The molecule has 0 aliphatic rings. The van der Waals surface area contributed by atoms with Crippen molar-refractivity contribution in [3.63, 3.8) is 0 Å². The summed E-state index contributed by atoms with van der Waals surface area (Å²) in [7, 11) is 0. The summed E-state index contributed by atoms with van der Waals surface area (Å²) in [6.45, 7) is 2.29. The number of nitrogens with zero attached hydrogens (tertiary/aromatic N) is 2. The zero-order valence-electron chi connectivity index (χ0n) is 6.57. The van der Waals surface area contributed by atoms with Gasteiger partial charge in [0.25, 0.3) is 11.8 Å². The van der Waals surface area contributed by atoms with E-state index in [2.05, 4.69) is 15.3 Å². The van der Waals surface area contributed by atoms with Crippen molar-refractivity contribution in [2.45, 2.75) is 6.92 Å². The Bertz CT molecular complexity index is 288. The Hall–Kier alpha value is -1.65. The highest BCUT2D eigenvalue weighted by atomic mass is 16.3. The number of carbonyl (C=O) groups is 1. The van der Waals surface area contributed by atoms with E-state index in [4.69, 9.17) is 0 Å². The van der Waals surface area contributed by atoms with Gasteiger partial charge in [-0.05, 0) is 6.92 Å². The van der Waals surface area contributed by atoms with Crippen molar-refractivity contribution in [2.75, 3.05) is 6.54 Å². The average Bonchev–Trinajstić information content (AvgIpc) is 2.05. The van der Waals surface area contributed by atoms with Crippen LogP contribution in [0, 0.1) is 0 Å². The van der Waals surface area contributed by atoms with Crippen LogP contribution >= 0.6 is 0 Å². The number of nitrogens with one attached hydrogen (secondary N) is 1. The Labute approximate surface area is 69.5 Å². The van der Waals surface area contributed by atoms with E-state index in [1.165, 1.54) is 6.20 Å². The minimum absolute atomic E-state index is 0.0596. The van der Waals surface area contributed by atoms with E-state index >= 15 is 0 Å². The molecular formula is C7H8N3O2. The van der Waals surface area contributed by atoms with Gasteiger partial charge >= 0.3 is 0 Å². The van der Waals surface area contributed by atoms with Crippen molar-refractivity contribution in [1.29, 1.82) is 0 Å². The van der Waals surface area contributed by atoms with Crippen molar-refractivity contribution in [3.8, 4) is 5.88 Å². The van der Waals surface area contributed by atoms with Crippen LogP contribution in [-0.4, -0.2) is 22.4 Å². The molecule has 1 heterocycles. The predicted octanol–water partition coefficient (Wildman–Crippen LogP) is 0.370. The second-order valence-corrected chi connectivity index (χ2v) is 2.10. The van der Waals surface area contributed by atoms with Gasteiger partial charge in [0.05, 0.1) is 12.4 Å². The largest absolute Gasteiger partial charge is 0.351 e. The average molecular weight is 166 g/mol. The van der Waals surface area contributed by atoms with E-state index in [-0.39, 0.29) is 11.6 Å². The lowest BCUT2D eigenvalue weighted by molar-refractivity contribution is 0.0949. The molecule has 12 heavy (non-hydrogen) atoms. The first-order valence-corrected chi connectivity index (χ1v) is 3.51. The Balaban J connectivity index is 2.81. The molecule has 1 rings (SSSR count). The molecule has 5 nitrogen and oxygen atoms in total. The van der Waals surface area contributed by atoms with Gasteiger partial charge in [-0.2, -0.15) is 0 Å².